The van der Waals surface area contributed by atoms with Gasteiger partial charge >= 0.3 is 6.03 Å². The molecule has 0 saturated carbocycles. The van der Waals surface area contributed by atoms with Crippen molar-refractivity contribution in [2.75, 3.05) is 24.6 Å². The van der Waals surface area contributed by atoms with E-state index in [1.807, 2.05) is 37.3 Å². The first-order chi connectivity index (χ1) is 8.81. The molecule has 1 heterocycles. The number of urea groups is 1. The molecule has 1 aliphatic heterocycles. The Morgan fingerprint density at radius 3 is 2.83 bits per heavy atom. The highest BCUT2D eigenvalue weighted by molar-refractivity contribution is 5.91. The van der Waals surface area contributed by atoms with E-state index in [4.69, 9.17) is 4.74 Å². The number of carbonyl (C=O) groups is 1. The third-order valence-electron chi connectivity index (χ3n) is 3.13. The van der Waals surface area contributed by atoms with Crippen molar-refractivity contribution >= 4 is 11.7 Å². The van der Waals surface area contributed by atoms with Crippen LogP contribution in [0.3, 0.4) is 0 Å². The van der Waals surface area contributed by atoms with Crippen molar-refractivity contribution in [3.05, 3.63) is 30.3 Å². The molecule has 1 unspecified atom stereocenters. The molecule has 0 aliphatic carbocycles. The fourth-order valence-electron chi connectivity index (χ4n) is 2.15. The molecule has 1 atom stereocenters. The van der Waals surface area contributed by atoms with Crippen LogP contribution >= 0.6 is 0 Å². The second-order valence-electron chi connectivity index (χ2n) is 4.40. The zero-order valence-electron chi connectivity index (χ0n) is 10.8. The van der Waals surface area contributed by atoms with Gasteiger partial charge in [0, 0.05) is 25.4 Å². The molecule has 1 aliphatic rings. The third-order valence-corrected chi connectivity index (χ3v) is 3.13. The topological polar surface area (TPSA) is 41.6 Å². The van der Waals surface area contributed by atoms with E-state index in [-0.39, 0.29) is 12.1 Å². The van der Waals surface area contributed by atoms with Crippen LogP contribution in [0.1, 0.15) is 19.8 Å². The van der Waals surface area contributed by atoms with Crippen LogP contribution in [0.15, 0.2) is 30.3 Å². The normalized spacial score (nSPS) is 18.6. The Morgan fingerprint density at radius 2 is 2.22 bits per heavy atom. The van der Waals surface area contributed by atoms with Gasteiger partial charge < -0.3 is 10.1 Å². The van der Waals surface area contributed by atoms with Crippen LogP contribution in [0.4, 0.5) is 10.5 Å². The zero-order valence-corrected chi connectivity index (χ0v) is 10.8. The summed E-state index contributed by atoms with van der Waals surface area (Å²) < 4.78 is 5.49. The lowest BCUT2D eigenvalue weighted by Gasteiger charge is -2.22. The highest BCUT2D eigenvalue weighted by atomic mass is 16.5. The summed E-state index contributed by atoms with van der Waals surface area (Å²) in [4.78, 5) is 13.8. The summed E-state index contributed by atoms with van der Waals surface area (Å²) in [5.74, 6) is 0. The van der Waals surface area contributed by atoms with Crippen LogP contribution in [0.5, 0.6) is 0 Å². The number of carbonyl (C=O) groups excluding carboxylic acids is 1. The van der Waals surface area contributed by atoms with E-state index in [1.165, 1.54) is 0 Å². The molecule has 0 spiro atoms. The van der Waals surface area contributed by atoms with Gasteiger partial charge in [0.2, 0.25) is 0 Å². The Hall–Kier alpha value is -1.55. The number of para-hydroxylation sites is 1. The number of nitrogens with one attached hydrogen (secondary N) is 1. The molecule has 2 amide bonds. The first-order valence-corrected chi connectivity index (χ1v) is 6.53. The number of hydrogen-bond donors (Lipinski definition) is 1. The van der Waals surface area contributed by atoms with E-state index in [9.17, 15) is 4.79 Å². The van der Waals surface area contributed by atoms with Crippen molar-refractivity contribution in [1.29, 1.82) is 0 Å². The Kier molecular flexibility index (Phi) is 4.59. The molecular weight excluding hydrogens is 228 g/mol. The van der Waals surface area contributed by atoms with Crippen LogP contribution in [-0.4, -0.2) is 31.8 Å². The fourth-order valence-corrected chi connectivity index (χ4v) is 2.15. The minimum atomic E-state index is -0.0563. The van der Waals surface area contributed by atoms with Crippen molar-refractivity contribution < 1.29 is 9.53 Å². The van der Waals surface area contributed by atoms with Gasteiger partial charge in [0.1, 0.15) is 0 Å². The smallest absolute Gasteiger partial charge is 0.321 e. The summed E-state index contributed by atoms with van der Waals surface area (Å²) in [5, 5.41) is 2.94. The number of amides is 2. The van der Waals surface area contributed by atoms with Gasteiger partial charge in [-0.2, -0.15) is 0 Å². The van der Waals surface area contributed by atoms with Crippen LogP contribution in [-0.2, 0) is 4.74 Å². The van der Waals surface area contributed by atoms with E-state index < -0.39 is 0 Å². The average Bonchev–Trinajstić information content (AvgIpc) is 2.92. The molecule has 0 bridgehead atoms. The molecule has 1 fully saturated rings. The van der Waals surface area contributed by atoms with Gasteiger partial charge in [0.15, 0.2) is 0 Å². The standard InChI is InChI=1S/C14H20N2O2/c1-2-16(12-7-4-3-5-8-12)14(17)15-11-13-9-6-10-18-13/h3-5,7-8,13H,2,6,9-11H2,1H3,(H,15,17). The van der Waals surface area contributed by atoms with Gasteiger partial charge in [-0.05, 0) is 31.9 Å². The summed E-state index contributed by atoms with van der Waals surface area (Å²) in [7, 11) is 0. The fraction of sp³-hybridized carbons (Fsp3) is 0.500. The predicted molar refractivity (Wildman–Crippen MR) is 71.8 cm³/mol. The molecule has 0 aromatic heterocycles. The summed E-state index contributed by atoms with van der Waals surface area (Å²) in [5.41, 5.74) is 0.921. The largest absolute Gasteiger partial charge is 0.376 e. The van der Waals surface area contributed by atoms with E-state index in [2.05, 4.69) is 5.32 Å². The van der Waals surface area contributed by atoms with Gasteiger partial charge in [-0.1, -0.05) is 18.2 Å². The maximum Gasteiger partial charge on any atom is 0.321 e. The molecule has 1 saturated heterocycles. The van der Waals surface area contributed by atoms with Crippen LogP contribution in [0.2, 0.25) is 0 Å². The third kappa shape index (κ3) is 3.23. The van der Waals surface area contributed by atoms with Crippen molar-refractivity contribution in [3.8, 4) is 0 Å². The Labute approximate surface area is 108 Å². The first-order valence-electron chi connectivity index (χ1n) is 6.53. The Balaban J connectivity index is 1.89. The van der Waals surface area contributed by atoms with E-state index in [0.717, 1.165) is 25.1 Å². The summed E-state index contributed by atoms with van der Waals surface area (Å²) in [6, 6.07) is 9.64. The maximum absolute atomic E-state index is 12.1. The quantitative estimate of drug-likeness (QED) is 0.889. The Morgan fingerprint density at radius 1 is 1.44 bits per heavy atom. The summed E-state index contributed by atoms with van der Waals surface area (Å²) in [6.45, 7) is 4.04. The summed E-state index contributed by atoms with van der Waals surface area (Å²) in [6.07, 6.45) is 2.32. The average molecular weight is 248 g/mol. The molecule has 4 nitrogen and oxygen atoms in total. The molecule has 1 N–H and O–H groups in total. The van der Waals surface area contributed by atoms with Gasteiger partial charge in [-0.3, -0.25) is 4.90 Å². The van der Waals surface area contributed by atoms with Gasteiger partial charge in [-0.25, -0.2) is 4.79 Å². The van der Waals surface area contributed by atoms with Crippen molar-refractivity contribution in [3.63, 3.8) is 0 Å². The summed E-state index contributed by atoms with van der Waals surface area (Å²) >= 11 is 0. The second-order valence-corrected chi connectivity index (χ2v) is 4.40. The molecule has 1 aromatic carbocycles. The molecule has 18 heavy (non-hydrogen) atoms. The van der Waals surface area contributed by atoms with Crippen molar-refractivity contribution in [2.24, 2.45) is 0 Å². The van der Waals surface area contributed by atoms with Crippen molar-refractivity contribution in [2.45, 2.75) is 25.9 Å². The highest BCUT2D eigenvalue weighted by Gasteiger charge is 2.18. The Bertz CT molecular complexity index is 375. The lowest BCUT2D eigenvalue weighted by atomic mass is 10.2. The molecule has 2 rings (SSSR count). The second kappa shape index (κ2) is 6.40. The van der Waals surface area contributed by atoms with Gasteiger partial charge in [0.25, 0.3) is 0 Å². The molecule has 0 radical (unpaired) electrons. The number of anilines is 1. The maximum atomic E-state index is 12.1. The SMILES string of the molecule is CCN(C(=O)NCC1CCCO1)c1ccccc1. The molecule has 98 valence electrons. The van der Waals surface area contributed by atoms with E-state index in [0.29, 0.717) is 13.1 Å². The van der Waals surface area contributed by atoms with Gasteiger partial charge in [0.05, 0.1) is 6.10 Å². The highest BCUT2D eigenvalue weighted by Crippen LogP contribution is 2.14. The lowest BCUT2D eigenvalue weighted by Crippen LogP contribution is -2.42. The number of hydrogen-bond acceptors (Lipinski definition) is 2. The van der Waals surface area contributed by atoms with E-state index in [1.54, 1.807) is 4.90 Å². The van der Waals surface area contributed by atoms with Crippen molar-refractivity contribution in [1.82, 2.24) is 5.32 Å². The number of rotatable bonds is 4. The van der Waals surface area contributed by atoms with E-state index >= 15 is 0 Å². The minimum Gasteiger partial charge on any atom is -0.376 e. The number of benzene rings is 1. The number of nitrogens with zero attached hydrogens (tertiary/aromatic N) is 1. The minimum absolute atomic E-state index is 0.0563. The first kappa shape index (κ1) is 12.9. The number of ether oxygens (including phenoxy) is 1. The lowest BCUT2D eigenvalue weighted by molar-refractivity contribution is 0.111. The molecule has 1 aromatic rings. The van der Waals surface area contributed by atoms with Crippen LogP contribution in [0.25, 0.3) is 0 Å². The molecule has 4 heteroatoms. The zero-order chi connectivity index (χ0) is 12.8. The predicted octanol–water partition coefficient (Wildman–Crippen LogP) is 2.40. The van der Waals surface area contributed by atoms with Crippen LogP contribution in [0, 0.1) is 0 Å². The van der Waals surface area contributed by atoms with Crippen LogP contribution < -0.4 is 10.2 Å². The monoisotopic (exact) mass is 248 g/mol. The van der Waals surface area contributed by atoms with Gasteiger partial charge in [-0.15, -0.1) is 0 Å². The molecular formula is C14H20N2O2.